The number of halogens is 1. The van der Waals surface area contributed by atoms with Crippen LogP contribution in [-0.2, 0) is 6.54 Å². The summed E-state index contributed by atoms with van der Waals surface area (Å²) in [6.45, 7) is 0.557. The van der Waals surface area contributed by atoms with E-state index in [1.165, 1.54) is 12.1 Å². The van der Waals surface area contributed by atoms with Gasteiger partial charge in [0.15, 0.2) is 0 Å². The van der Waals surface area contributed by atoms with Crippen molar-refractivity contribution in [2.24, 2.45) is 0 Å². The van der Waals surface area contributed by atoms with Crippen LogP contribution in [0.2, 0.25) is 0 Å². The molecular formula is C21H14FN3. The minimum absolute atomic E-state index is 0.289. The standard InChI is InChI=1S/C21H14FN3/c22-18-8-4-7-17(12-18)21-24-19-9-1-2-10-20(19)25(21)14-16-6-3-5-15(11-16)13-23/h1-12H,14H2. The van der Waals surface area contributed by atoms with Gasteiger partial charge in [-0.15, -0.1) is 0 Å². The number of hydrogen-bond acceptors (Lipinski definition) is 2. The van der Waals surface area contributed by atoms with E-state index < -0.39 is 0 Å². The highest BCUT2D eigenvalue weighted by molar-refractivity contribution is 5.80. The van der Waals surface area contributed by atoms with Crippen molar-refractivity contribution in [3.05, 3.63) is 89.7 Å². The summed E-state index contributed by atoms with van der Waals surface area (Å²) < 4.78 is 15.7. The average molecular weight is 327 g/mol. The lowest BCUT2D eigenvalue weighted by Gasteiger charge is -2.10. The number of aromatic nitrogens is 2. The first-order valence-corrected chi connectivity index (χ1v) is 7.95. The molecule has 0 fully saturated rings. The zero-order valence-corrected chi connectivity index (χ0v) is 13.4. The molecule has 0 unspecified atom stereocenters. The molecule has 4 heteroatoms. The van der Waals surface area contributed by atoms with Crippen LogP contribution in [0.15, 0.2) is 72.8 Å². The van der Waals surface area contributed by atoms with Gasteiger partial charge >= 0.3 is 0 Å². The Labute approximate surface area is 144 Å². The Hall–Kier alpha value is -3.45. The van der Waals surface area contributed by atoms with Crippen LogP contribution in [0.1, 0.15) is 11.1 Å². The minimum Gasteiger partial charge on any atom is -0.319 e. The van der Waals surface area contributed by atoms with Crippen molar-refractivity contribution in [1.29, 1.82) is 5.26 Å². The fraction of sp³-hybridized carbons (Fsp3) is 0.0476. The van der Waals surface area contributed by atoms with E-state index in [4.69, 9.17) is 10.2 Å². The lowest BCUT2D eigenvalue weighted by atomic mass is 10.1. The first kappa shape index (κ1) is 15.1. The van der Waals surface area contributed by atoms with E-state index in [0.29, 0.717) is 17.9 Å². The molecule has 4 aromatic rings. The summed E-state index contributed by atoms with van der Waals surface area (Å²) in [5, 5.41) is 9.11. The van der Waals surface area contributed by atoms with Gasteiger partial charge in [0.25, 0.3) is 0 Å². The van der Waals surface area contributed by atoms with Crippen LogP contribution in [0.4, 0.5) is 4.39 Å². The summed E-state index contributed by atoms with van der Waals surface area (Å²) in [5.74, 6) is 0.422. The molecule has 4 rings (SSSR count). The molecule has 0 atom stereocenters. The third-order valence-electron chi connectivity index (χ3n) is 4.13. The van der Waals surface area contributed by atoms with Crippen molar-refractivity contribution in [3.63, 3.8) is 0 Å². The summed E-state index contributed by atoms with van der Waals surface area (Å²) in [5.41, 5.74) is 4.18. The second-order valence-electron chi connectivity index (χ2n) is 5.83. The number of nitrogens with zero attached hydrogens (tertiary/aromatic N) is 3. The van der Waals surface area contributed by atoms with Gasteiger partial charge in [-0.1, -0.05) is 36.4 Å². The van der Waals surface area contributed by atoms with Crippen molar-refractivity contribution in [3.8, 4) is 17.5 Å². The number of imidazole rings is 1. The first-order chi connectivity index (χ1) is 12.2. The smallest absolute Gasteiger partial charge is 0.141 e. The Morgan fingerprint density at radius 3 is 2.64 bits per heavy atom. The van der Waals surface area contributed by atoms with Crippen molar-refractivity contribution < 1.29 is 4.39 Å². The number of nitriles is 1. The number of benzene rings is 3. The molecule has 0 aliphatic carbocycles. The van der Waals surface area contributed by atoms with Crippen LogP contribution in [0.25, 0.3) is 22.4 Å². The Bertz CT molecular complexity index is 1110. The van der Waals surface area contributed by atoms with Gasteiger partial charge in [-0.3, -0.25) is 0 Å². The largest absolute Gasteiger partial charge is 0.319 e. The molecule has 0 saturated carbocycles. The maximum atomic E-state index is 13.7. The van der Waals surface area contributed by atoms with Gasteiger partial charge in [-0.2, -0.15) is 5.26 Å². The summed E-state index contributed by atoms with van der Waals surface area (Å²) in [6.07, 6.45) is 0. The minimum atomic E-state index is -0.289. The lowest BCUT2D eigenvalue weighted by Crippen LogP contribution is -2.02. The third-order valence-corrected chi connectivity index (χ3v) is 4.13. The molecule has 120 valence electrons. The van der Waals surface area contributed by atoms with E-state index in [0.717, 1.165) is 22.2 Å². The van der Waals surface area contributed by atoms with Crippen LogP contribution >= 0.6 is 0 Å². The van der Waals surface area contributed by atoms with E-state index in [2.05, 4.69) is 10.6 Å². The van der Waals surface area contributed by atoms with Crippen LogP contribution in [-0.4, -0.2) is 9.55 Å². The fourth-order valence-electron chi connectivity index (χ4n) is 3.01. The molecule has 0 aliphatic rings. The number of fused-ring (bicyclic) bond motifs is 1. The van der Waals surface area contributed by atoms with E-state index in [1.54, 1.807) is 12.1 Å². The monoisotopic (exact) mass is 327 g/mol. The molecule has 0 spiro atoms. The molecule has 1 aromatic heterocycles. The van der Waals surface area contributed by atoms with Crippen LogP contribution in [0, 0.1) is 17.1 Å². The quantitative estimate of drug-likeness (QED) is 0.544. The van der Waals surface area contributed by atoms with Gasteiger partial charge in [0, 0.05) is 12.1 Å². The highest BCUT2D eigenvalue weighted by Gasteiger charge is 2.13. The maximum absolute atomic E-state index is 13.7. The zero-order valence-electron chi connectivity index (χ0n) is 13.4. The number of hydrogen-bond donors (Lipinski definition) is 0. The van der Waals surface area contributed by atoms with Crippen molar-refractivity contribution in [2.75, 3.05) is 0 Å². The maximum Gasteiger partial charge on any atom is 0.141 e. The summed E-state index contributed by atoms with van der Waals surface area (Å²) in [7, 11) is 0. The van der Waals surface area contributed by atoms with Crippen molar-refractivity contribution >= 4 is 11.0 Å². The second-order valence-corrected chi connectivity index (χ2v) is 5.83. The number of rotatable bonds is 3. The molecule has 25 heavy (non-hydrogen) atoms. The summed E-state index contributed by atoms with van der Waals surface area (Å²) >= 11 is 0. The van der Waals surface area contributed by atoms with Crippen LogP contribution < -0.4 is 0 Å². The number of para-hydroxylation sites is 2. The molecule has 1 heterocycles. The topological polar surface area (TPSA) is 41.6 Å². The average Bonchev–Trinajstić information content (AvgIpc) is 3.01. The van der Waals surface area contributed by atoms with Gasteiger partial charge in [0.2, 0.25) is 0 Å². The molecule has 0 amide bonds. The molecule has 0 radical (unpaired) electrons. The highest BCUT2D eigenvalue weighted by atomic mass is 19.1. The molecule has 0 N–H and O–H groups in total. The van der Waals surface area contributed by atoms with E-state index in [9.17, 15) is 4.39 Å². The predicted molar refractivity (Wildman–Crippen MR) is 95.4 cm³/mol. The SMILES string of the molecule is N#Cc1cccc(Cn2c(-c3cccc(F)c3)nc3ccccc32)c1. The normalized spacial score (nSPS) is 10.7. The molecule has 0 saturated heterocycles. The van der Waals surface area contributed by atoms with Gasteiger partial charge in [0.05, 0.1) is 22.7 Å². The van der Waals surface area contributed by atoms with E-state index in [-0.39, 0.29) is 5.82 Å². The van der Waals surface area contributed by atoms with Crippen molar-refractivity contribution in [2.45, 2.75) is 6.54 Å². The summed E-state index contributed by atoms with van der Waals surface area (Å²) in [4.78, 5) is 4.69. The van der Waals surface area contributed by atoms with E-state index in [1.807, 2.05) is 48.5 Å². The highest BCUT2D eigenvalue weighted by Crippen LogP contribution is 2.26. The Balaban J connectivity index is 1.89. The fourth-order valence-corrected chi connectivity index (χ4v) is 3.01. The first-order valence-electron chi connectivity index (χ1n) is 7.95. The van der Waals surface area contributed by atoms with Gasteiger partial charge in [0.1, 0.15) is 11.6 Å². The van der Waals surface area contributed by atoms with Crippen molar-refractivity contribution in [1.82, 2.24) is 9.55 Å². The van der Waals surface area contributed by atoms with E-state index >= 15 is 0 Å². The second kappa shape index (κ2) is 6.21. The zero-order chi connectivity index (χ0) is 17.2. The molecule has 0 aliphatic heterocycles. The van der Waals surface area contributed by atoms with Gasteiger partial charge in [-0.25, -0.2) is 9.37 Å². The van der Waals surface area contributed by atoms with Gasteiger partial charge in [-0.05, 0) is 42.0 Å². The van der Waals surface area contributed by atoms with Gasteiger partial charge < -0.3 is 4.57 Å². The lowest BCUT2D eigenvalue weighted by molar-refractivity contribution is 0.628. The Morgan fingerprint density at radius 1 is 0.960 bits per heavy atom. The third kappa shape index (κ3) is 2.88. The molecular weight excluding hydrogens is 313 g/mol. The summed E-state index contributed by atoms with van der Waals surface area (Å²) in [6, 6.07) is 23.9. The predicted octanol–water partition coefficient (Wildman–Crippen LogP) is 4.76. The Kier molecular flexibility index (Phi) is 3.75. The molecule has 3 aromatic carbocycles. The van der Waals surface area contributed by atoms with Crippen LogP contribution in [0.5, 0.6) is 0 Å². The molecule has 0 bridgehead atoms. The Morgan fingerprint density at radius 2 is 1.80 bits per heavy atom. The van der Waals surface area contributed by atoms with Crippen LogP contribution in [0.3, 0.4) is 0 Å². The molecule has 3 nitrogen and oxygen atoms in total.